The lowest BCUT2D eigenvalue weighted by molar-refractivity contribution is 1.20. The summed E-state index contributed by atoms with van der Waals surface area (Å²) in [4.78, 5) is 10.7. The molecule has 0 radical (unpaired) electrons. The Morgan fingerprint density at radius 1 is 0.462 bits per heavy atom. The van der Waals surface area contributed by atoms with Crippen molar-refractivity contribution in [2.24, 2.45) is 0 Å². The molecule has 0 fully saturated rings. The number of hydrogen-bond acceptors (Lipinski definition) is 2. The van der Waals surface area contributed by atoms with Crippen LogP contribution in [0, 0.1) is 0 Å². The van der Waals surface area contributed by atoms with E-state index in [2.05, 4.69) is 134 Å². The molecule has 0 bridgehead atoms. The number of fused-ring (bicyclic) bond motifs is 9. The van der Waals surface area contributed by atoms with Crippen molar-refractivity contribution in [1.82, 2.24) is 9.97 Å². The van der Waals surface area contributed by atoms with E-state index < -0.39 is 8.07 Å². The van der Waals surface area contributed by atoms with Gasteiger partial charge < -0.3 is 0 Å². The minimum Gasteiger partial charge on any atom is -0.228 e. The molecule has 0 saturated carbocycles. The van der Waals surface area contributed by atoms with Crippen molar-refractivity contribution in [1.29, 1.82) is 0 Å². The number of benzene rings is 6. The largest absolute Gasteiger partial charge is 0.228 e. The van der Waals surface area contributed by atoms with Gasteiger partial charge in [-0.15, -0.1) is 0 Å². The second-order valence-corrected chi connectivity index (χ2v) is 15.3. The molecule has 1 aliphatic rings. The van der Waals surface area contributed by atoms with Gasteiger partial charge in [-0.2, -0.15) is 0 Å². The van der Waals surface area contributed by atoms with Crippen LogP contribution in [0.2, 0.25) is 13.1 Å². The third-order valence-corrected chi connectivity index (χ3v) is 11.9. The maximum Gasteiger partial charge on any atom is 0.160 e. The molecule has 0 spiro atoms. The van der Waals surface area contributed by atoms with Crippen LogP contribution in [-0.4, -0.2) is 18.0 Å². The van der Waals surface area contributed by atoms with E-state index in [1.54, 1.807) is 0 Å². The van der Waals surface area contributed by atoms with Gasteiger partial charge in [0.05, 0.1) is 11.4 Å². The summed E-state index contributed by atoms with van der Waals surface area (Å²) in [7, 11) is -1.97. The van der Waals surface area contributed by atoms with Crippen LogP contribution in [0.15, 0.2) is 121 Å². The topological polar surface area (TPSA) is 25.8 Å². The lowest BCUT2D eigenvalue weighted by Gasteiger charge is -2.21. The van der Waals surface area contributed by atoms with E-state index in [0.29, 0.717) is 0 Å². The first kappa shape index (κ1) is 22.4. The third-order valence-electron chi connectivity index (χ3n) is 8.44. The van der Waals surface area contributed by atoms with Crippen LogP contribution in [0.5, 0.6) is 0 Å². The van der Waals surface area contributed by atoms with Gasteiger partial charge in [0.2, 0.25) is 0 Å². The lowest BCUT2D eigenvalue weighted by atomic mass is 9.93. The van der Waals surface area contributed by atoms with Gasteiger partial charge in [-0.25, -0.2) is 9.97 Å². The van der Waals surface area contributed by atoms with E-state index in [1.807, 2.05) is 0 Å². The predicted molar refractivity (Wildman–Crippen MR) is 168 cm³/mol. The van der Waals surface area contributed by atoms with Crippen molar-refractivity contribution in [3.63, 3.8) is 0 Å². The van der Waals surface area contributed by atoms with Crippen LogP contribution in [0.1, 0.15) is 0 Å². The third kappa shape index (κ3) is 3.20. The van der Waals surface area contributed by atoms with Gasteiger partial charge >= 0.3 is 0 Å². The second-order valence-electron chi connectivity index (χ2n) is 11.0. The Hall–Kier alpha value is -4.60. The molecule has 7 aromatic rings. The molecular formula is C36H26N2Si. The van der Waals surface area contributed by atoms with Crippen molar-refractivity contribution in [2.45, 2.75) is 13.1 Å². The zero-order valence-electron chi connectivity index (χ0n) is 21.9. The summed E-state index contributed by atoms with van der Waals surface area (Å²) in [6.45, 7) is 4.86. The first-order valence-corrected chi connectivity index (χ1v) is 16.5. The summed E-state index contributed by atoms with van der Waals surface area (Å²) in [5.74, 6) is 0.785. The fourth-order valence-electron chi connectivity index (χ4n) is 6.60. The maximum absolute atomic E-state index is 5.34. The molecule has 3 heteroatoms. The van der Waals surface area contributed by atoms with Crippen molar-refractivity contribution in [3.05, 3.63) is 121 Å². The zero-order chi connectivity index (χ0) is 26.1. The van der Waals surface area contributed by atoms with Crippen molar-refractivity contribution >= 4 is 50.8 Å². The molecule has 8 rings (SSSR count). The van der Waals surface area contributed by atoms with E-state index in [1.165, 1.54) is 48.3 Å². The summed E-state index contributed by atoms with van der Waals surface area (Å²) in [5, 5.41) is 10.4. The molecule has 39 heavy (non-hydrogen) atoms. The molecule has 0 N–H and O–H groups in total. The lowest BCUT2D eigenvalue weighted by Crippen LogP contribution is -2.50. The highest BCUT2D eigenvalue weighted by Crippen LogP contribution is 2.38. The van der Waals surface area contributed by atoms with Crippen molar-refractivity contribution in [2.75, 3.05) is 0 Å². The van der Waals surface area contributed by atoms with E-state index in [4.69, 9.17) is 9.97 Å². The molecular weight excluding hydrogens is 488 g/mol. The fraction of sp³-hybridized carbons (Fsp3) is 0.0556. The van der Waals surface area contributed by atoms with E-state index in [0.717, 1.165) is 28.3 Å². The Balaban J connectivity index is 1.45. The Labute approximate surface area is 228 Å². The molecule has 2 nitrogen and oxygen atoms in total. The Bertz CT molecular complexity index is 2060. The average molecular weight is 515 g/mol. The summed E-state index contributed by atoms with van der Waals surface area (Å²) in [6, 6.07) is 43.7. The highest BCUT2D eigenvalue weighted by Gasteiger charge is 2.41. The molecule has 0 unspecified atom stereocenters. The number of hydrogen-bond donors (Lipinski definition) is 0. The minimum atomic E-state index is -1.97. The smallest absolute Gasteiger partial charge is 0.160 e. The molecule has 184 valence electrons. The standard InChI is InChI=1S/C36H26N2Si/c1-39(2)32-19-11-10-18-30(32)34-35(39)33(23-12-4-3-5-13-23)37-36(38-34)24-20-21-29-27-16-7-6-14-25(27)26-15-8-9-17-28(26)31(29)22-24/h3-22H,1-2H3. The number of nitrogens with zero attached hydrogens (tertiary/aromatic N) is 2. The van der Waals surface area contributed by atoms with Crippen molar-refractivity contribution < 1.29 is 0 Å². The molecule has 0 aliphatic carbocycles. The van der Waals surface area contributed by atoms with Crippen molar-refractivity contribution in [3.8, 4) is 33.9 Å². The maximum atomic E-state index is 5.34. The van der Waals surface area contributed by atoms with Crippen LogP contribution in [-0.2, 0) is 0 Å². The molecule has 0 saturated heterocycles. The SMILES string of the molecule is C[Si]1(C)c2ccccc2-c2nc(-c3ccc4c5ccccc5c5ccccc5c4c3)nc(-c3ccccc3)c21. The number of aromatic nitrogens is 2. The second kappa shape index (κ2) is 8.20. The highest BCUT2D eigenvalue weighted by atomic mass is 28.3. The monoisotopic (exact) mass is 514 g/mol. The zero-order valence-corrected chi connectivity index (χ0v) is 22.9. The number of rotatable bonds is 2. The molecule has 0 atom stereocenters. The normalized spacial score (nSPS) is 13.6. The van der Waals surface area contributed by atoms with Crippen LogP contribution >= 0.6 is 0 Å². The highest BCUT2D eigenvalue weighted by molar-refractivity contribution is 7.04. The summed E-state index contributed by atoms with van der Waals surface area (Å²) < 4.78 is 0. The van der Waals surface area contributed by atoms with Crippen LogP contribution in [0.25, 0.3) is 66.2 Å². The quantitative estimate of drug-likeness (QED) is 0.172. The summed E-state index contributed by atoms with van der Waals surface area (Å²) in [6.07, 6.45) is 0. The van der Waals surface area contributed by atoms with Crippen LogP contribution in [0.3, 0.4) is 0 Å². The summed E-state index contributed by atoms with van der Waals surface area (Å²) in [5.41, 5.74) is 5.65. The fourth-order valence-corrected chi connectivity index (χ4v) is 9.83. The molecule has 1 aromatic heterocycles. The molecule has 2 heterocycles. The van der Waals surface area contributed by atoms with Gasteiger partial charge in [-0.05, 0) is 54.3 Å². The first-order chi connectivity index (χ1) is 19.1. The van der Waals surface area contributed by atoms with Gasteiger partial charge in [-0.3, -0.25) is 0 Å². The van der Waals surface area contributed by atoms with Gasteiger partial charge in [0.25, 0.3) is 0 Å². The van der Waals surface area contributed by atoms with Crippen LogP contribution in [0.4, 0.5) is 0 Å². The first-order valence-electron chi connectivity index (χ1n) is 13.5. The Morgan fingerprint density at radius 3 is 1.69 bits per heavy atom. The molecule has 0 amide bonds. The molecule has 1 aliphatic heterocycles. The Kier molecular flexibility index (Phi) is 4.70. The van der Waals surface area contributed by atoms with E-state index in [-0.39, 0.29) is 0 Å². The predicted octanol–water partition coefficient (Wildman–Crippen LogP) is 8.07. The van der Waals surface area contributed by atoms with Gasteiger partial charge in [0.15, 0.2) is 5.82 Å². The summed E-state index contributed by atoms with van der Waals surface area (Å²) >= 11 is 0. The van der Waals surface area contributed by atoms with E-state index >= 15 is 0 Å². The van der Waals surface area contributed by atoms with Gasteiger partial charge in [0, 0.05) is 11.1 Å². The van der Waals surface area contributed by atoms with Gasteiger partial charge in [0.1, 0.15) is 8.07 Å². The average Bonchev–Trinajstić information content (AvgIpc) is 3.23. The van der Waals surface area contributed by atoms with E-state index in [9.17, 15) is 0 Å². The molecule has 6 aromatic carbocycles. The van der Waals surface area contributed by atoms with Gasteiger partial charge in [-0.1, -0.05) is 128 Å². The minimum absolute atomic E-state index is 0.785. The Morgan fingerprint density at radius 2 is 1.00 bits per heavy atom. The van der Waals surface area contributed by atoms with Crippen LogP contribution < -0.4 is 10.4 Å².